The van der Waals surface area contributed by atoms with Gasteiger partial charge in [0, 0.05) is 18.5 Å². The number of carbonyl (C=O) groups is 1. The second kappa shape index (κ2) is 8.28. The fourth-order valence-electron chi connectivity index (χ4n) is 2.83. The highest BCUT2D eigenvalue weighted by Crippen LogP contribution is 2.35. The summed E-state index contributed by atoms with van der Waals surface area (Å²) in [5.41, 5.74) is 6.95. The molecule has 0 bridgehead atoms. The van der Waals surface area contributed by atoms with Crippen molar-refractivity contribution in [2.45, 2.75) is 44.6 Å². The van der Waals surface area contributed by atoms with Crippen LogP contribution in [-0.4, -0.2) is 18.5 Å². The molecule has 1 aliphatic carbocycles. The first-order valence-corrected chi connectivity index (χ1v) is 7.26. The van der Waals surface area contributed by atoms with Gasteiger partial charge < -0.3 is 11.1 Å². The predicted octanol–water partition coefficient (Wildman–Crippen LogP) is 2.85. The minimum atomic E-state index is 0. The third-order valence-corrected chi connectivity index (χ3v) is 4.11. The van der Waals surface area contributed by atoms with E-state index in [2.05, 4.69) is 35.6 Å². The summed E-state index contributed by atoms with van der Waals surface area (Å²) in [4.78, 5) is 12.0. The maximum atomic E-state index is 12.0. The topological polar surface area (TPSA) is 55.1 Å². The molecular formula is C16H25ClN2O. The molecule has 0 spiro atoms. The molecule has 1 atom stereocenters. The van der Waals surface area contributed by atoms with Gasteiger partial charge in [0.2, 0.25) is 5.91 Å². The quantitative estimate of drug-likeness (QED) is 0.897. The lowest BCUT2D eigenvalue weighted by molar-refractivity contribution is -0.126. The molecule has 1 fully saturated rings. The Hall–Kier alpha value is -1.06. The summed E-state index contributed by atoms with van der Waals surface area (Å²) in [5, 5.41) is 2.99. The van der Waals surface area contributed by atoms with E-state index in [-0.39, 0.29) is 30.3 Å². The first-order valence-electron chi connectivity index (χ1n) is 7.26. The molecule has 2 rings (SSSR count). The van der Waals surface area contributed by atoms with Gasteiger partial charge in [-0.2, -0.15) is 0 Å². The Morgan fingerprint density at radius 1 is 1.25 bits per heavy atom. The monoisotopic (exact) mass is 296 g/mol. The van der Waals surface area contributed by atoms with Crippen LogP contribution in [0.4, 0.5) is 0 Å². The van der Waals surface area contributed by atoms with Gasteiger partial charge >= 0.3 is 0 Å². The summed E-state index contributed by atoms with van der Waals surface area (Å²) in [6, 6.07) is 10.7. The van der Waals surface area contributed by atoms with Crippen molar-refractivity contribution >= 4 is 18.3 Å². The first-order chi connectivity index (χ1) is 9.20. The van der Waals surface area contributed by atoms with Crippen molar-refractivity contribution in [1.82, 2.24) is 5.32 Å². The van der Waals surface area contributed by atoms with E-state index < -0.39 is 0 Å². The summed E-state index contributed by atoms with van der Waals surface area (Å²) < 4.78 is 0. The molecule has 20 heavy (non-hydrogen) atoms. The van der Waals surface area contributed by atoms with E-state index in [9.17, 15) is 4.79 Å². The lowest BCUT2D eigenvalue weighted by Crippen LogP contribution is -2.42. The van der Waals surface area contributed by atoms with E-state index in [1.807, 2.05) is 6.92 Å². The van der Waals surface area contributed by atoms with E-state index >= 15 is 0 Å². The number of nitrogens with two attached hydrogens (primary N) is 1. The zero-order valence-corrected chi connectivity index (χ0v) is 12.9. The van der Waals surface area contributed by atoms with Crippen LogP contribution >= 0.6 is 12.4 Å². The minimum absolute atomic E-state index is 0. The Kier molecular flexibility index (Phi) is 7.03. The lowest BCUT2D eigenvalue weighted by Gasteiger charge is -2.28. The van der Waals surface area contributed by atoms with Crippen LogP contribution in [0, 0.1) is 5.92 Å². The Morgan fingerprint density at radius 3 is 2.40 bits per heavy atom. The van der Waals surface area contributed by atoms with Crippen molar-refractivity contribution in [3.63, 3.8) is 0 Å². The molecular weight excluding hydrogens is 272 g/mol. The molecule has 0 aromatic heterocycles. The third-order valence-electron chi connectivity index (χ3n) is 4.11. The molecule has 3 nitrogen and oxygen atoms in total. The normalized spacial score (nSPS) is 23.5. The number of amides is 1. The van der Waals surface area contributed by atoms with E-state index in [0.29, 0.717) is 12.5 Å². The summed E-state index contributed by atoms with van der Waals surface area (Å²) in [6.45, 7) is 2.46. The summed E-state index contributed by atoms with van der Waals surface area (Å²) in [5.74, 6) is 0.982. The Balaban J connectivity index is 0.00000200. The summed E-state index contributed by atoms with van der Waals surface area (Å²) in [7, 11) is 0. The molecule has 4 heteroatoms. The maximum Gasteiger partial charge on any atom is 0.223 e. The van der Waals surface area contributed by atoms with Gasteiger partial charge in [-0.15, -0.1) is 12.4 Å². The highest BCUT2D eigenvalue weighted by Gasteiger charge is 2.27. The van der Waals surface area contributed by atoms with Gasteiger partial charge in [-0.3, -0.25) is 4.79 Å². The Morgan fingerprint density at radius 2 is 1.85 bits per heavy atom. The van der Waals surface area contributed by atoms with Crippen LogP contribution in [0.2, 0.25) is 0 Å². The molecule has 0 aliphatic heterocycles. The average molecular weight is 297 g/mol. The average Bonchev–Trinajstić information content (AvgIpc) is 2.48. The number of benzene rings is 1. The van der Waals surface area contributed by atoms with Crippen molar-refractivity contribution in [2.75, 3.05) is 6.54 Å². The second-order valence-electron chi connectivity index (χ2n) is 5.60. The zero-order valence-electron chi connectivity index (χ0n) is 12.0. The molecule has 112 valence electrons. The maximum absolute atomic E-state index is 12.0. The molecule has 1 aromatic carbocycles. The highest BCUT2D eigenvalue weighted by molar-refractivity contribution is 5.85. The third kappa shape index (κ3) is 4.50. The van der Waals surface area contributed by atoms with Gasteiger partial charge in [-0.25, -0.2) is 0 Å². The fourth-order valence-corrected chi connectivity index (χ4v) is 2.83. The smallest absolute Gasteiger partial charge is 0.223 e. The van der Waals surface area contributed by atoms with Crippen molar-refractivity contribution in [3.05, 3.63) is 35.9 Å². The van der Waals surface area contributed by atoms with Gasteiger partial charge in [-0.05, 0) is 44.1 Å². The number of carbonyl (C=O) groups excluding carboxylic acids is 1. The molecule has 0 radical (unpaired) electrons. The lowest BCUT2D eigenvalue weighted by atomic mass is 9.78. The first kappa shape index (κ1) is 17.0. The Bertz CT molecular complexity index is 402. The highest BCUT2D eigenvalue weighted by atomic mass is 35.5. The number of nitrogens with one attached hydrogen (secondary N) is 1. The number of hydrogen-bond donors (Lipinski definition) is 2. The Labute approximate surface area is 127 Å². The van der Waals surface area contributed by atoms with Crippen LogP contribution in [0.1, 0.15) is 44.1 Å². The molecule has 1 aliphatic rings. The second-order valence-corrected chi connectivity index (χ2v) is 5.60. The number of halogens is 1. The molecule has 0 unspecified atom stereocenters. The van der Waals surface area contributed by atoms with E-state index in [4.69, 9.17) is 5.73 Å². The van der Waals surface area contributed by atoms with Crippen LogP contribution in [-0.2, 0) is 4.79 Å². The molecule has 1 aromatic rings. The fraction of sp³-hybridized carbons (Fsp3) is 0.562. The van der Waals surface area contributed by atoms with Crippen molar-refractivity contribution in [3.8, 4) is 0 Å². The number of hydrogen-bond acceptors (Lipinski definition) is 2. The standard InChI is InChI=1S/C16H24N2O.ClH/c1-12(11-17)18-16(19)15-9-7-14(8-10-15)13-5-3-2-4-6-13;/h2-6,12,14-15H,7-11,17H2,1H3,(H,18,19);1H/t12-,14?,15?;/m0./s1. The van der Waals surface area contributed by atoms with Crippen LogP contribution in [0.5, 0.6) is 0 Å². The molecule has 1 amide bonds. The van der Waals surface area contributed by atoms with Gasteiger partial charge in [0.25, 0.3) is 0 Å². The molecule has 0 heterocycles. The molecule has 1 saturated carbocycles. The zero-order chi connectivity index (χ0) is 13.7. The van der Waals surface area contributed by atoms with Crippen LogP contribution in [0.15, 0.2) is 30.3 Å². The van der Waals surface area contributed by atoms with Crippen molar-refractivity contribution in [1.29, 1.82) is 0 Å². The molecule has 3 N–H and O–H groups in total. The van der Waals surface area contributed by atoms with Gasteiger partial charge in [0.15, 0.2) is 0 Å². The van der Waals surface area contributed by atoms with Gasteiger partial charge in [0.1, 0.15) is 0 Å². The van der Waals surface area contributed by atoms with Crippen LogP contribution < -0.4 is 11.1 Å². The summed E-state index contributed by atoms with van der Waals surface area (Å²) in [6.07, 6.45) is 4.20. The largest absolute Gasteiger partial charge is 0.352 e. The van der Waals surface area contributed by atoms with Crippen LogP contribution in [0.3, 0.4) is 0 Å². The van der Waals surface area contributed by atoms with Crippen LogP contribution in [0.25, 0.3) is 0 Å². The SMILES string of the molecule is C[C@@H](CN)NC(=O)C1CCC(c2ccccc2)CC1.Cl. The van der Waals surface area contributed by atoms with Gasteiger partial charge in [-0.1, -0.05) is 30.3 Å². The van der Waals surface area contributed by atoms with E-state index in [1.165, 1.54) is 5.56 Å². The van der Waals surface area contributed by atoms with Gasteiger partial charge in [0.05, 0.1) is 0 Å². The predicted molar refractivity (Wildman–Crippen MR) is 85.0 cm³/mol. The van der Waals surface area contributed by atoms with E-state index in [0.717, 1.165) is 25.7 Å². The summed E-state index contributed by atoms with van der Waals surface area (Å²) >= 11 is 0. The number of rotatable bonds is 4. The minimum Gasteiger partial charge on any atom is -0.352 e. The van der Waals surface area contributed by atoms with Crippen molar-refractivity contribution < 1.29 is 4.79 Å². The molecule has 0 saturated heterocycles. The van der Waals surface area contributed by atoms with Crippen molar-refractivity contribution in [2.24, 2.45) is 11.7 Å². The van der Waals surface area contributed by atoms with E-state index in [1.54, 1.807) is 0 Å².